The van der Waals surface area contributed by atoms with Gasteiger partial charge in [-0.1, -0.05) is 26.7 Å². The number of Topliss-reactive ketones (excluding diaryl/α,β-unsaturated/α-hetero) is 1. The molecule has 0 aromatic heterocycles. The van der Waals surface area contributed by atoms with Crippen molar-refractivity contribution < 1.29 is 13.6 Å². The van der Waals surface area contributed by atoms with Crippen LogP contribution >= 0.6 is 0 Å². The molecule has 0 spiro atoms. The highest BCUT2D eigenvalue weighted by Crippen LogP contribution is 2.38. The summed E-state index contributed by atoms with van der Waals surface area (Å²) in [6, 6.07) is 2.77. The van der Waals surface area contributed by atoms with E-state index in [9.17, 15) is 13.6 Å². The summed E-state index contributed by atoms with van der Waals surface area (Å²) >= 11 is 0. The Morgan fingerprint density at radius 3 is 2.14 bits per heavy atom. The van der Waals surface area contributed by atoms with E-state index in [2.05, 4.69) is 6.92 Å². The Balaban J connectivity index is 2.12. The summed E-state index contributed by atoms with van der Waals surface area (Å²) in [6.07, 6.45) is 7.50. The van der Waals surface area contributed by atoms with E-state index in [1.165, 1.54) is 25.0 Å². The molecule has 22 heavy (non-hydrogen) atoms. The highest BCUT2D eigenvalue weighted by molar-refractivity contribution is 5.96. The second kappa shape index (κ2) is 7.85. The fourth-order valence-corrected chi connectivity index (χ4v) is 3.64. The number of ketones is 1. The molecular formula is C19H26F2O. The molecule has 0 aliphatic heterocycles. The van der Waals surface area contributed by atoms with Crippen LogP contribution in [0, 0.1) is 17.6 Å². The second-order valence-electron chi connectivity index (χ2n) is 6.54. The topological polar surface area (TPSA) is 17.1 Å². The number of hydrogen-bond acceptors (Lipinski definition) is 1. The molecule has 0 bridgehead atoms. The van der Waals surface area contributed by atoms with Crippen LogP contribution in [0.15, 0.2) is 12.1 Å². The van der Waals surface area contributed by atoms with Gasteiger partial charge in [0.1, 0.15) is 11.6 Å². The summed E-state index contributed by atoms with van der Waals surface area (Å²) in [7, 11) is 0. The van der Waals surface area contributed by atoms with E-state index in [0.717, 1.165) is 37.2 Å². The van der Waals surface area contributed by atoms with E-state index in [0.29, 0.717) is 6.42 Å². The molecule has 1 aliphatic carbocycles. The normalized spacial score (nSPS) is 21.8. The van der Waals surface area contributed by atoms with Crippen molar-refractivity contribution >= 4 is 5.78 Å². The SMILES string of the molecule is CCCC(=O)c1c(F)cc([C@H]2CC[C@H](CCC)CC2)cc1F. The van der Waals surface area contributed by atoms with Crippen molar-refractivity contribution in [1.82, 2.24) is 0 Å². The third-order valence-electron chi connectivity index (χ3n) is 4.84. The summed E-state index contributed by atoms with van der Waals surface area (Å²) in [4.78, 5) is 11.8. The van der Waals surface area contributed by atoms with Crippen LogP contribution < -0.4 is 0 Å². The zero-order valence-corrected chi connectivity index (χ0v) is 13.6. The average Bonchev–Trinajstić information content (AvgIpc) is 2.48. The van der Waals surface area contributed by atoms with Crippen molar-refractivity contribution in [3.63, 3.8) is 0 Å². The van der Waals surface area contributed by atoms with Crippen molar-refractivity contribution in [2.24, 2.45) is 5.92 Å². The third-order valence-corrected chi connectivity index (χ3v) is 4.84. The van der Waals surface area contributed by atoms with Gasteiger partial charge in [0.2, 0.25) is 0 Å². The van der Waals surface area contributed by atoms with Gasteiger partial charge in [0.25, 0.3) is 0 Å². The van der Waals surface area contributed by atoms with E-state index in [4.69, 9.17) is 0 Å². The molecule has 0 N–H and O–H groups in total. The highest BCUT2D eigenvalue weighted by atomic mass is 19.1. The lowest BCUT2D eigenvalue weighted by atomic mass is 9.77. The number of carbonyl (C=O) groups excluding carboxylic acids is 1. The summed E-state index contributed by atoms with van der Waals surface area (Å²) in [5, 5.41) is 0. The monoisotopic (exact) mass is 308 g/mol. The number of benzene rings is 1. The largest absolute Gasteiger partial charge is 0.294 e. The molecule has 0 atom stereocenters. The van der Waals surface area contributed by atoms with Gasteiger partial charge in [-0.2, -0.15) is 0 Å². The van der Waals surface area contributed by atoms with Gasteiger partial charge in [0.15, 0.2) is 5.78 Å². The van der Waals surface area contributed by atoms with E-state index in [1.807, 2.05) is 6.92 Å². The fraction of sp³-hybridized carbons (Fsp3) is 0.632. The number of hydrogen-bond donors (Lipinski definition) is 0. The number of halogens is 2. The third kappa shape index (κ3) is 3.93. The molecule has 0 radical (unpaired) electrons. The van der Waals surface area contributed by atoms with Gasteiger partial charge in [0, 0.05) is 6.42 Å². The Kier molecular flexibility index (Phi) is 6.10. The van der Waals surface area contributed by atoms with Crippen molar-refractivity contribution in [3.8, 4) is 0 Å². The lowest BCUT2D eigenvalue weighted by molar-refractivity contribution is 0.0973. The van der Waals surface area contributed by atoms with Crippen LogP contribution in [0.25, 0.3) is 0 Å². The molecule has 0 amide bonds. The fourth-order valence-electron chi connectivity index (χ4n) is 3.64. The molecule has 2 rings (SSSR count). The van der Waals surface area contributed by atoms with Gasteiger partial charge in [-0.05, 0) is 61.6 Å². The van der Waals surface area contributed by atoms with Crippen LogP contribution in [-0.2, 0) is 0 Å². The summed E-state index contributed by atoms with van der Waals surface area (Å²) in [6.45, 7) is 4.03. The molecule has 3 heteroatoms. The van der Waals surface area contributed by atoms with Gasteiger partial charge in [-0.3, -0.25) is 4.79 Å². The summed E-state index contributed by atoms with van der Waals surface area (Å²) in [5.41, 5.74) is 0.364. The minimum atomic E-state index is -0.691. The molecule has 0 saturated heterocycles. The first kappa shape index (κ1) is 17.1. The Morgan fingerprint density at radius 1 is 1.05 bits per heavy atom. The maximum Gasteiger partial charge on any atom is 0.168 e. The molecule has 1 nitrogen and oxygen atoms in total. The Hall–Kier alpha value is -1.25. The van der Waals surface area contributed by atoms with Gasteiger partial charge in [-0.25, -0.2) is 8.78 Å². The molecule has 1 fully saturated rings. The first-order chi connectivity index (χ1) is 10.6. The van der Waals surface area contributed by atoms with Crippen LogP contribution in [-0.4, -0.2) is 5.78 Å². The lowest BCUT2D eigenvalue weighted by Gasteiger charge is -2.28. The van der Waals surface area contributed by atoms with Crippen LogP contribution in [0.2, 0.25) is 0 Å². The van der Waals surface area contributed by atoms with Gasteiger partial charge in [-0.15, -0.1) is 0 Å². The Labute approximate surface area is 132 Å². The van der Waals surface area contributed by atoms with Crippen molar-refractivity contribution in [3.05, 3.63) is 34.9 Å². The zero-order valence-electron chi connectivity index (χ0n) is 13.6. The second-order valence-corrected chi connectivity index (χ2v) is 6.54. The molecule has 0 heterocycles. The maximum atomic E-state index is 14.2. The van der Waals surface area contributed by atoms with E-state index in [-0.39, 0.29) is 17.9 Å². The minimum absolute atomic E-state index is 0.190. The van der Waals surface area contributed by atoms with E-state index in [1.54, 1.807) is 0 Å². The molecule has 122 valence electrons. The predicted molar refractivity (Wildman–Crippen MR) is 85.2 cm³/mol. The predicted octanol–water partition coefficient (Wildman–Crippen LogP) is 6.02. The minimum Gasteiger partial charge on any atom is -0.294 e. The maximum absolute atomic E-state index is 14.2. The van der Waals surface area contributed by atoms with Gasteiger partial charge >= 0.3 is 0 Å². The molecule has 1 saturated carbocycles. The quantitative estimate of drug-likeness (QED) is 0.587. The van der Waals surface area contributed by atoms with Crippen molar-refractivity contribution in [2.75, 3.05) is 0 Å². The average molecular weight is 308 g/mol. The zero-order chi connectivity index (χ0) is 16.1. The summed E-state index contributed by atoms with van der Waals surface area (Å²) in [5.74, 6) is -0.822. The van der Waals surface area contributed by atoms with E-state index >= 15 is 0 Å². The van der Waals surface area contributed by atoms with Crippen LogP contribution in [0.1, 0.15) is 87.1 Å². The summed E-state index contributed by atoms with van der Waals surface area (Å²) < 4.78 is 28.4. The van der Waals surface area contributed by atoms with Crippen molar-refractivity contribution in [2.45, 2.75) is 71.1 Å². The molecule has 1 aromatic rings. The smallest absolute Gasteiger partial charge is 0.168 e. The number of rotatable bonds is 6. The lowest BCUT2D eigenvalue weighted by Crippen LogP contribution is -2.14. The highest BCUT2D eigenvalue weighted by Gasteiger charge is 2.25. The van der Waals surface area contributed by atoms with E-state index < -0.39 is 17.4 Å². The van der Waals surface area contributed by atoms with Crippen LogP contribution in [0.3, 0.4) is 0 Å². The first-order valence-electron chi connectivity index (χ1n) is 8.58. The van der Waals surface area contributed by atoms with Gasteiger partial charge < -0.3 is 0 Å². The van der Waals surface area contributed by atoms with Crippen LogP contribution in [0.5, 0.6) is 0 Å². The standard InChI is InChI=1S/C19H26F2O/c1-3-5-13-7-9-14(10-8-13)15-11-16(20)19(17(21)12-15)18(22)6-4-2/h11-14H,3-10H2,1-2H3/t13-,14-. The van der Waals surface area contributed by atoms with Crippen molar-refractivity contribution in [1.29, 1.82) is 0 Å². The van der Waals surface area contributed by atoms with Crippen LogP contribution in [0.4, 0.5) is 8.78 Å². The molecule has 1 aromatic carbocycles. The molecule has 0 unspecified atom stereocenters. The Morgan fingerprint density at radius 2 is 1.64 bits per heavy atom. The Bertz CT molecular complexity index is 493. The van der Waals surface area contributed by atoms with Gasteiger partial charge in [0.05, 0.1) is 5.56 Å². The molecule has 1 aliphatic rings. The number of carbonyl (C=O) groups is 1. The molecular weight excluding hydrogens is 282 g/mol. The first-order valence-corrected chi connectivity index (χ1v) is 8.58.